The summed E-state index contributed by atoms with van der Waals surface area (Å²) in [5.41, 5.74) is 10.1. The second-order valence-electron chi connectivity index (χ2n) is 4.48. The van der Waals surface area contributed by atoms with Crippen molar-refractivity contribution in [3.8, 4) is 0 Å². The number of carbonyl (C=O) groups excluding carboxylic acids is 1. The molecule has 2 rings (SSSR count). The molecule has 9 heteroatoms. The van der Waals surface area contributed by atoms with Crippen molar-refractivity contribution in [2.75, 3.05) is 11.5 Å². The molecular formula is C13H12N4O5. The molecule has 0 fully saturated rings. The number of nitro groups is 1. The first-order chi connectivity index (χ1) is 10.2. The lowest BCUT2D eigenvalue weighted by Crippen LogP contribution is -2.45. The summed E-state index contributed by atoms with van der Waals surface area (Å²) < 4.78 is 0. The van der Waals surface area contributed by atoms with E-state index in [0.717, 1.165) is 12.1 Å². The Morgan fingerprint density at radius 3 is 2.27 bits per heavy atom. The van der Waals surface area contributed by atoms with Gasteiger partial charge < -0.3 is 16.7 Å². The number of carbonyl (C=O) groups is 1. The molecular weight excluding hydrogens is 292 g/mol. The van der Waals surface area contributed by atoms with E-state index in [1.807, 2.05) is 0 Å². The van der Waals surface area contributed by atoms with Gasteiger partial charge in [0, 0.05) is 22.9 Å². The molecule has 22 heavy (non-hydrogen) atoms. The van der Waals surface area contributed by atoms with Crippen LogP contribution in [0.5, 0.6) is 0 Å². The molecule has 9 nitrogen and oxygen atoms in total. The van der Waals surface area contributed by atoms with Crippen molar-refractivity contribution in [2.45, 2.75) is 0 Å². The third-order valence-corrected chi connectivity index (χ3v) is 3.01. The van der Waals surface area contributed by atoms with Crippen LogP contribution in [-0.4, -0.2) is 16.0 Å². The van der Waals surface area contributed by atoms with E-state index in [2.05, 4.69) is 0 Å². The number of nitrogens with zero attached hydrogens (tertiary/aromatic N) is 2. The minimum absolute atomic E-state index is 0.0178. The van der Waals surface area contributed by atoms with Gasteiger partial charge in [0.05, 0.1) is 0 Å². The first kappa shape index (κ1) is 15.4. The zero-order chi connectivity index (χ0) is 16.5. The van der Waals surface area contributed by atoms with Crippen LogP contribution in [0.4, 0.5) is 17.1 Å². The van der Waals surface area contributed by atoms with E-state index >= 15 is 0 Å². The second-order valence-corrected chi connectivity index (χ2v) is 4.48. The number of hydrogen-bond donors (Lipinski definition) is 3. The maximum absolute atomic E-state index is 12.3. The highest BCUT2D eigenvalue weighted by molar-refractivity contribution is 6.13. The molecule has 0 amide bonds. The Balaban J connectivity index is 2.52. The standard InChI is InChI=1S/C13H12N4O5/c14-10-7-12(17(21,22)16(19)20)11(15)6-9(10)13(18)8-4-2-1-3-5-8/h1-7,21H,14-15H2. The monoisotopic (exact) mass is 304 g/mol. The van der Waals surface area contributed by atoms with Gasteiger partial charge in [-0.25, -0.2) is 10.1 Å². The average Bonchev–Trinajstić information content (AvgIpc) is 2.49. The van der Waals surface area contributed by atoms with Crippen molar-refractivity contribution in [1.82, 2.24) is 4.92 Å². The molecule has 0 aliphatic heterocycles. The van der Waals surface area contributed by atoms with Gasteiger partial charge in [-0.1, -0.05) is 30.3 Å². The fourth-order valence-corrected chi connectivity index (χ4v) is 1.90. The summed E-state index contributed by atoms with van der Waals surface area (Å²) in [6.45, 7) is 0. The fraction of sp³-hybridized carbons (Fsp3) is 0. The van der Waals surface area contributed by atoms with Crippen molar-refractivity contribution in [3.63, 3.8) is 0 Å². The minimum atomic E-state index is -2.92. The van der Waals surface area contributed by atoms with Gasteiger partial charge in [-0.3, -0.25) is 4.79 Å². The number of nitrogen functional groups attached to an aromatic ring is 2. The molecule has 2 aromatic carbocycles. The summed E-state index contributed by atoms with van der Waals surface area (Å²) in [7, 11) is 0. The van der Waals surface area contributed by atoms with Gasteiger partial charge in [-0.15, -0.1) is 5.21 Å². The Labute approximate surface area is 124 Å². The van der Waals surface area contributed by atoms with Crippen molar-refractivity contribution in [2.24, 2.45) is 0 Å². The van der Waals surface area contributed by atoms with Crippen LogP contribution in [0.3, 0.4) is 0 Å². The maximum atomic E-state index is 12.3. The van der Waals surface area contributed by atoms with E-state index in [1.165, 1.54) is 0 Å². The topological polar surface area (TPSA) is 156 Å². The highest BCUT2D eigenvalue weighted by atomic mass is 17.0. The Hall–Kier alpha value is -3.01. The molecule has 1 atom stereocenters. The van der Waals surface area contributed by atoms with Crippen LogP contribution in [0.15, 0.2) is 42.5 Å². The van der Waals surface area contributed by atoms with Crippen LogP contribution in [0.2, 0.25) is 0 Å². The van der Waals surface area contributed by atoms with E-state index in [9.17, 15) is 25.3 Å². The predicted octanol–water partition coefficient (Wildman–Crippen LogP) is 1.47. The molecule has 0 radical (unpaired) electrons. The van der Waals surface area contributed by atoms with Crippen molar-refractivity contribution in [1.29, 1.82) is 0 Å². The Morgan fingerprint density at radius 2 is 1.73 bits per heavy atom. The number of quaternary nitrogens is 1. The Bertz CT molecular complexity index is 746. The molecule has 0 aromatic heterocycles. The number of rotatable bonds is 4. The third kappa shape index (κ3) is 2.59. The minimum Gasteiger partial charge on any atom is -0.528 e. The molecule has 0 saturated heterocycles. The van der Waals surface area contributed by atoms with Crippen LogP contribution in [0, 0.1) is 15.3 Å². The van der Waals surface area contributed by atoms with Gasteiger partial charge in [-0.05, 0) is 6.07 Å². The Kier molecular flexibility index (Phi) is 3.78. The van der Waals surface area contributed by atoms with Gasteiger partial charge in [0.1, 0.15) is 10.6 Å². The number of ketones is 1. The molecule has 0 spiro atoms. The van der Waals surface area contributed by atoms with Gasteiger partial charge in [0.15, 0.2) is 5.78 Å². The second kappa shape index (κ2) is 5.41. The smallest absolute Gasteiger partial charge is 0.280 e. The first-order valence-corrected chi connectivity index (χ1v) is 6.02. The quantitative estimate of drug-likeness (QED) is 0.254. The van der Waals surface area contributed by atoms with Crippen LogP contribution < -0.4 is 16.4 Å². The van der Waals surface area contributed by atoms with E-state index in [4.69, 9.17) is 11.5 Å². The van der Waals surface area contributed by atoms with E-state index in [1.54, 1.807) is 30.3 Å². The fourth-order valence-electron chi connectivity index (χ4n) is 1.90. The summed E-state index contributed by atoms with van der Waals surface area (Å²) in [4.78, 5) is 20.0. The van der Waals surface area contributed by atoms with E-state index < -0.39 is 27.1 Å². The molecule has 2 aromatic rings. The number of hydrogen-bond acceptors (Lipinski definition) is 7. The molecule has 0 heterocycles. The zero-order valence-corrected chi connectivity index (χ0v) is 11.2. The molecule has 0 aliphatic rings. The Morgan fingerprint density at radius 1 is 1.14 bits per heavy atom. The van der Waals surface area contributed by atoms with Gasteiger partial charge in [-0.2, -0.15) is 0 Å². The molecule has 0 aliphatic carbocycles. The highest BCUT2D eigenvalue weighted by Gasteiger charge is 2.35. The molecule has 114 valence electrons. The lowest BCUT2D eigenvalue weighted by molar-refractivity contribution is -0.696. The van der Waals surface area contributed by atoms with Crippen LogP contribution in [-0.2, 0) is 0 Å². The number of nitrogens with two attached hydrogens (primary N) is 2. The van der Waals surface area contributed by atoms with E-state index in [-0.39, 0.29) is 11.3 Å². The van der Waals surface area contributed by atoms with Gasteiger partial charge in [0.2, 0.25) is 0 Å². The van der Waals surface area contributed by atoms with Crippen molar-refractivity contribution in [3.05, 3.63) is 68.9 Å². The number of anilines is 2. The summed E-state index contributed by atoms with van der Waals surface area (Å²) in [6, 6.07) is 10.0. The zero-order valence-electron chi connectivity index (χ0n) is 11.2. The first-order valence-electron chi connectivity index (χ1n) is 6.02. The van der Waals surface area contributed by atoms with Crippen LogP contribution >= 0.6 is 0 Å². The largest absolute Gasteiger partial charge is 0.528 e. The van der Waals surface area contributed by atoms with Gasteiger partial charge >= 0.3 is 0 Å². The summed E-state index contributed by atoms with van der Waals surface area (Å²) in [5.74, 6) is -0.459. The van der Waals surface area contributed by atoms with Gasteiger partial charge in [0.25, 0.3) is 10.7 Å². The third-order valence-electron chi connectivity index (χ3n) is 3.01. The number of benzene rings is 2. The van der Waals surface area contributed by atoms with Crippen molar-refractivity contribution < 1.29 is 15.0 Å². The summed E-state index contributed by atoms with van der Waals surface area (Å²) in [5, 5.41) is 29.9. The lowest BCUT2D eigenvalue weighted by Gasteiger charge is -2.21. The average molecular weight is 304 g/mol. The van der Waals surface area contributed by atoms with Crippen LogP contribution in [0.25, 0.3) is 0 Å². The lowest BCUT2D eigenvalue weighted by atomic mass is 10.0. The predicted molar refractivity (Wildman–Crippen MR) is 79.1 cm³/mol. The van der Waals surface area contributed by atoms with E-state index in [0.29, 0.717) is 5.56 Å². The SMILES string of the molecule is Nc1cc([N+]([O-])(O)[N+](=O)[O-])c(N)cc1C(=O)c1ccccc1. The summed E-state index contributed by atoms with van der Waals surface area (Å²) >= 11 is 0. The molecule has 0 bridgehead atoms. The maximum Gasteiger partial charge on any atom is 0.280 e. The molecule has 5 N–H and O–H groups in total. The molecule has 0 saturated carbocycles. The van der Waals surface area contributed by atoms with Crippen LogP contribution in [0.1, 0.15) is 15.9 Å². The van der Waals surface area contributed by atoms with Crippen molar-refractivity contribution >= 4 is 22.8 Å². The normalized spacial score (nSPS) is 13.4. The summed E-state index contributed by atoms with van der Waals surface area (Å²) in [6.07, 6.45) is 0. The molecule has 1 unspecified atom stereocenters. The highest BCUT2D eigenvalue weighted by Crippen LogP contribution is 2.33.